The van der Waals surface area contributed by atoms with Gasteiger partial charge < -0.3 is 5.32 Å². The molecule has 0 fully saturated rings. The van der Waals surface area contributed by atoms with Crippen molar-refractivity contribution in [3.63, 3.8) is 0 Å². The molecule has 0 unspecified atom stereocenters. The van der Waals surface area contributed by atoms with E-state index in [1.54, 1.807) is 24.7 Å². The zero-order valence-electron chi connectivity index (χ0n) is 12.6. The molecule has 1 aromatic carbocycles. The van der Waals surface area contributed by atoms with Crippen molar-refractivity contribution >= 4 is 9.84 Å². The van der Waals surface area contributed by atoms with Gasteiger partial charge in [-0.25, -0.2) is 13.1 Å². The molecule has 114 valence electrons. The average molecular weight is 307 g/mol. The van der Waals surface area contributed by atoms with E-state index in [4.69, 9.17) is 0 Å². The molecule has 5 nitrogen and oxygen atoms in total. The maximum Gasteiger partial charge on any atom is 0.153 e. The van der Waals surface area contributed by atoms with Crippen LogP contribution in [0, 0.1) is 0 Å². The van der Waals surface area contributed by atoms with Crippen molar-refractivity contribution in [3.8, 4) is 5.69 Å². The Balaban J connectivity index is 1.93. The van der Waals surface area contributed by atoms with Crippen molar-refractivity contribution in [3.05, 3.63) is 48.3 Å². The SMILES string of the molecule is CC(C)(CNCc1ccc(-n2cccn2)cc1)S(C)(=O)=O. The quantitative estimate of drug-likeness (QED) is 0.883. The monoisotopic (exact) mass is 307 g/mol. The molecule has 0 atom stereocenters. The van der Waals surface area contributed by atoms with Crippen molar-refractivity contribution in [2.75, 3.05) is 12.8 Å². The zero-order valence-corrected chi connectivity index (χ0v) is 13.4. The maximum absolute atomic E-state index is 11.6. The number of benzene rings is 1. The number of aromatic nitrogens is 2. The molecule has 0 saturated carbocycles. The number of hydrogen-bond donors (Lipinski definition) is 1. The van der Waals surface area contributed by atoms with Crippen LogP contribution in [0.5, 0.6) is 0 Å². The van der Waals surface area contributed by atoms with Crippen LogP contribution in [0.1, 0.15) is 19.4 Å². The largest absolute Gasteiger partial charge is 0.311 e. The Morgan fingerprint density at radius 1 is 1.24 bits per heavy atom. The second-order valence-electron chi connectivity index (χ2n) is 5.75. The molecule has 1 aromatic heterocycles. The first-order chi connectivity index (χ1) is 9.79. The van der Waals surface area contributed by atoms with Gasteiger partial charge in [-0.1, -0.05) is 12.1 Å². The molecule has 1 N–H and O–H groups in total. The van der Waals surface area contributed by atoms with Crippen LogP contribution in [-0.4, -0.2) is 35.7 Å². The number of nitrogens with one attached hydrogen (secondary N) is 1. The Morgan fingerprint density at radius 2 is 1.90 bits per heavy atom. The molecule has 1 heterocycles. The third kappa shape index (κ3) is 3.92. The summed E-state index contributed by atoms with van der Waals surface area (Å²) in [4.78, 5) is 0. The van der Waals surface area contributed by atoms with Crippen molar-refractivity contribution in [1.29, 1.82) is 0 Å². The van der Waals surface area contributed by atoms with Crippen LogP contribution in [0.15, 0.2) is 42.7 Å². The van der Waals surface area contributed by atoms with Crippen molar-refractivity contribution < 1.29 is 8.42 Å². The molecule has 0 aliphatic rings. The lowest BCUT2D eigenvalue weighted by Crippen LogP contribution is -2.41. The first kappa shape index (κ1) is 15.7. The highest BCUT2D eigenvalue weighted by atomic mass is 32.2. The van der Waals surface area contributed by atoms with Crippen molar-refractivity contribution in [1.82, 2.24) is 15.1 Å². The molecule has 0 amide bonds. The number of sulfone groups is 1. The fourth-order valence-electron chi connectivity index (χ4n) is 1.83. The van der Waals surface area contributed by atoms with E-state index in [1.165, 1.54) is 6.26 Å². The lowest BCUT2D eigenvalue weighted by molar-refractivity contribution is 0.521. The summed E-state index contributed by atoms with van der Waals surface area (Å²) in [7, 11) is -3.07. The van der Waals surface area contributed by atoms with E-state index in [0.717, 1.165) is 11.3 Å². The standard InChI is InChI=1S/C15H21N3O2S/c1-15(2,21(3,19)20)12-16-11-13-5-7-14(8-6-13)18-10-4-9-17-18/h4-10,16H,11-12H2,1-3H3. The molecule has 6 heteroatoms. The molecular formula is C15H21N3O2S. The zero-order chi connectivity index (χ0) is 15.5. The fourth-order valence-corrected chi connectivity index (χ4v) is 2.19. The van der Waals surface area contributed by atoms with Crippen molar-refractivity contribution in [2.24, 2.45) is 0 Å². The summed E-state index contributed by atoms with van der Waals surface area (Å²) < 4.78 is 24.3. The normalized spacial score (nSPS) is 12.5. The maximum atomic E-state index is 11.6. The molecule has 2 aromatic rings. The van der Waals surface area contributed by atoms with Crippen LogP contribution in [-0.2, 0) is 16.4 Å². The highest BCUT2D eigenvalue weighted by Gasteiger charge is 2.29. The van der Waals surface area contributed by atoms with Crippen LogP contribution in [0.25, 0.3) is 5.69 Å². The molecule has 0 bridgehead atoms. The van der Waals surface area contributed by atoms with Gasteiger partial charge in [0, 0.05) is 31.7 Å². The van der Waals surface area contributed by atoms with Gasteiger partial charge in [-0.15, -0.1) is 0 Å². The Bertz CT molecular complexity index is 674. The minimum Gasteiger partial charge on any atom is -0.311 e. The lowest BCUT2D eigenvalue weighted by Gasteiger charge is -2.22. The summed E-state index contributed by atoms with van der Waals surface area (Å²) in [5, 5.41) is 7.37. The molecule has 0 aliphatic carbocycles. The number of nitrogens with zero attached hydrogens (tertiary/aromatic N) is 2. The average Bonchev–Trinajstić information content (AvgIpc) is 2.92. The lowest BCUT2D eigenvalue weighted by atomic mass is 10.2. The highest BCUT2D eigenvalue weighted by molar-refractivity contribution is 7.92. The molecule has 0 saturated heterocycles. The number of rotatable bonds is 6. The summed E-state index contributed by atoms with van der Waals surface area (Å²) >= 11 is 0. The molecule has 0 radical (unpaired) electrons. The Kier molecular flexibility index (Phi) is 4.49. The summed E-state index contributed by atoms with van der Waals surface area (Å²) in [6.07, 6.45) is 4.90. The summed E-state index contributed by atoms with van der Waals surface area (Å²) in [5.74, 6) is 0. The van der Waals surface area contributed by atoms with Crippen LogP contribution >= 0.6 is 0 Å². The molecule has 0 spiro atoms. The summed E-state index contributed by atoms with van der Waals surface area (Å²) in [5.41, 5.74) is 2.11. The Labute approximate surface area is 125 Å². The van der Waals surface area contributed by atoms with E-state index in [-0.39, 0.29) is 0 Å². The van der Waals surface area contributed by atoms with Gasteiger partial charge >= 0.3 is 0 Å². The minimum absolute atomic E-state index is 0.423. The smallest absolute Gasteiger partial charge is 0.153 e. The molecular weight excluding hydrogens is 286 g/mol. The Hall–Kier alpha value is -1.66. The first-order valence-electron chi connectivity index (χ1n) is 6.79. The fraction of sp³-hybridized carbons (Fsp3) is 0.400. The van der Waals surface area contributed by atoms with E-state index < -0.39 is 14.6 Å². The van der Waals surface area contributed by atoms with E-state index in [2.05, 4.69) is 10.4 Å². The van der Waals surface area contributed by atoms with Gasteiger partial charge in [-0.3, -0.25) is 0 Å². The van der Waals surface area contributed by atoms with E-state index in [0.29, 0.717) is 13.1 Å². The van der Waals surface area contributed by atoms with E-state index in [1.807, 2.05) is 36.5 Å². The van der Waals surface area contributed by atoms with Gasteiger partial charge in [0.05, 0.1) is 10.4 Å². The second kappa shape index (κ2) is 5.99. The van der Waals surface area contributed by atoms with Crippen LogP contribution in [0.4, 0.5) is 0 Å². The van der Waals surface area contributed by atoms with Gasteiger partial charge in [0.25, 0.3) is 0 Å². The van der Waals surface area contributed by atoms with Crippen LogP contribution < -0.4 is 5.32 Å². The minimum atomic E-state index is -3.07. The summed E-state index contributed by atoms with van der Waals surface area (Å²) in [6.45, 7) is 4.53. The van der Waals surface area contributed by atoms with Gasteiger partial charge in [0.1, 0.15) is 0 Å². The predicted molar refractivity (Wildman–Crippen MR) is 84.2 cm³/mol. The highest BCUT2D eigenvalue weighted by Crippen LogP contribution is 2.14. The second-order valence-corrected chi connectivity index (χ2v) is 8.40. The third-order valence-corrected chi connectivity index (χ3v) is 5.74. The van der Waals surface area contributed by atoms with Crippen molar-refractivity contribution in [2.45, 2.75) is 25.1 Å². The summed E-state index contributed by atoms with van der Waals surface area (Å²) in [6, 6.07) is 9.88. The Morgan fingerprint density at radius 3 is 2.43 bits per heavy atom. The predicted octanol–water partition coefficient (Wildman–Crippen LogP) is 1.79. The third-order valence-electron chi connectivity index (χ3n) is 3.59. The van der Waals surface area contributed by atoms with E-state index in [9.17, 15) is 8.42 Å². The van der Waals surface area contributed by atoms with Gasteiger partial charge in [0.2, 0.25) is 0 Å². The molecule has 21 heavy (non-hydrogen) atoms. The molecule has 0 aliphatic heterocycles. The van der Waals surface area contributed by atoms with Gasteiger partial charge in [-0.05, 0) is 37.6 Å². The van der Waals surface area contributed by atoms with Gasteiger partial charge in [0.15, 0.2) is 9.84 Å². The van der Waals surface area contributed by atoms with Crippen LogP contribution in [0.2, 0.25) is 0 Å². The number of hydrogen-bond acceptors (Lipinski definition) is 4. The topological polar surface area (TPSA) is 64.0 Å². The van der Waals surface area contributed by atoms with Gasteiger partial charge in [-0.2, -0.15) is 5.10 Å². The first-order valence-corrected chi connectivity index (χ1v) is 8.68. The van der Waals surface area contributed by atoms with Crippen LogP contribution in [0.3, 0.4) is 0 Å². The molecule has 2 rings (SSSR count). The van der Waals surface area contributed by atoms with E-state index >= 15 is 0 Å².